The zero-order valence-corrected chi connectivity index (χ0v) is 12.7. The molecule has 0 saturated carbocycles. The molecule has 0 bridgehead atoms. The number of nitrogens with zero attached hydrogens (tertiary/aromatic N) is 2. The highest BCUT2D eigenvalue weighted by Gasteiger charge is 2.28. The van der Waals surface area contributed by atoms with Gasteiger partial charge in [-0.3, -0.25) is 14.5 Å². The number of carbonyl (C=O) groups excluding carboxylic acids is 1. The molecule has 1 aliphatic heterocycles. The molecular formula is C15H19ClN2O3. The van der Waals surface area contributed by atoms with Gasteiger partial charge in [0, 0.05) is 37.7 Å². The fourth-order valence-electron chi connectivity index (χ4n) is 2.37. The molecule has 0 aromatic heterocycles. The lowest BCUT2D eigenvalue weighted by Gasteiger charge is -2.35. The second-order valence-corrected chi connectivity index (χ2v) is 5.66. The number of carboxylic acids is 1. The molecule has 21 heavy (non-hydrogen) atoms. The smallest absolute Gasteiger partial charge is 0.315 e. The van der Waals surface area contributed by atoms with Crippen LogP contribution in [0.1, 0.15) is 12.5 Å². The van der Waals surface area contributed by atoms with Crippen LogP contribution in [0.3, 0.4) is 0 Å². The van der Waals surface area contributed by atoms with E-state index in [1.165, 1.54) is 6.92 Å². The molecule has 6 heteroatoms. The molecule has 1 saturated heterocycles. The van der Waals surface area contributed by atoms with E-state index >= 15 is 0 Å². The largest absolute Gasteiger partial charge is 0.481 e. The monoisotopic (exact) mass is 310 g/mol. The first-order valence-electron chi connectivity index (χ1n) is 6.96. The van der Waals surface area contributed by atoms with Gasteiger partial charge in [0.2, 0.25) is 5.91 Å². The van der Waals surface area contributed by atoms with E-state index in [2.05, 4.69) is 4.90 Å². The van der Waals surface area contributed by atoms with Crippen LogP contribution in [0.5, 0.6) is 0 Å². The number of carboxylic acid groups (broad SMARTS) is 1. The third-order valence-corrected chi connectivity index (χ3v) is 4.15. The van der Waals surface area contributed by atoms with Crippen LogP contribution in [0.25, 0.3) is 0 Å². The number of halogens is 1. The van der Waals surface area contributed by atoms with Crippen LogP contribution in [-0.4, -0.2) is 53.0 Å². The summed E-state index contributed by atoms with van der Waals surface area (Å²) in [6.07, 6.45) is 0. The molecule has 1 heterocycles. The van der Waals surface area contributed by atoms with Crippen molar-refractivity contribution in [2.45, 2.75) is 13.5 Å². The molecule has 2 rings (SSSR count). The van der Waals surface area contributed by atoms with Crippen LogP contribution in [0.2, 0.25) is 5.02 Å². The molecule has 1 unspecified atom stereocenters. The first-order chi connectivity index (χ1) is 9.99. The van der Waals surface area contributed by atoms with Gasteiger partial charge in [-0.05, 0) is 18.6 Å². The summed E-state index contributed by atoms with van der Waals surface area (Å²) in [7, 11) is 0. The van der Waals surface area contributed by atoms with Crippen molar-refractivity contribution >= 4 is 23.5 Å². The predicted octanol–water partition coefficient (Wildman–Crippen LogP) is 1.70. The van der Waals surface area contributed by atoms with Crippen molar-refractivity contribution in [2.24, 2.45) is 5.92 Å². The predicted molar refractivity (Wildman–Crippen MR) is 80.1 cm³/mol. The van der Waals surface area contributed by atoms with Crippen LogP contribution in [-0.2, 0) is 16.1 Å². The molecular weight excluding hydrogens is 292 g/mol. The van der Waals surface area contributed by atoms with Crippen molar-refractivity contribution in [1.29, 1.82) is 0 Å². The van der Waals surface area contributed by atoms with Gasteiger partial charge in [0.25, 0.3) is 0 Å². The summed E-state index contributed by atoms with van der Waals surface area (Å²) in [5.41, 5.74) is 1.07. The Kier molecular flexibility index (Phi) is 5.20. The van der Waals surface area contributed by atoms with Crippen LogP contribution >= 0.6 is 11.6 Å². The number of carbonyl (C=O) groups is 2. The lowest BCUT2D eigenvalue weighted by molar-refractivity contribution is -0.151. The van der Waals surface area contributed by atoms with Crippen LogP contribution in [0.4, 0.5) is 0 Å². The van der Waals surface area contributed by atoms with E-state index in [1.54, 1.807) is 4.90 Å². The van der Waals surface area contributed by atoms with Crippen molar-refractivity contribution in [3.8, 4) is 0 Å². The van der Waals surface area contributed by atoms with E-state index in [0.717, 1.165) is 30.2 Å². The molecule has 1 aromatic carbocycles. The van der Waals surface area contributed by atoms with Gasteiger partial charge < -0.3 is 10.0 Å². The van der Waals surface area contributed by atoms with Gasteiger partial charge in [-0.1, -0.05) is 29.8 Å². The number of piperazine rings is 1. The second kappa shape index (κ2) is 6.91. The van der Waals surface area contributed by atoms with E-state index in [9.17, 15) is 9.59 Å². The molecule has 1 aromatic rings. The summed E-state index contributed by atoms with van der Waals surface area (Å²) < 4.78 is 0. The number of hydrogen-bond donors (Lipinski definition) is 1. The Bertz CT molecular complexity index is 527. The van der Waals surface area contributed by atoms with Crippen molar-refractivity contribution in [3.63, 3.8) is 0 Å². The van der Waals surface area contributed by atoms with E-state index < -0.39 is 11.9 Å². The second-order valence-electron chi connectivity index (χ2n) is 5.25. The fraction of sp³-hybridized carbons (Fsp3) is 0.467. The fourth-order valence-corrected chi connectivity index (χ4v) is 2.57. The van der Waals surface area contributed by atoms with Crippen LogP contribution in [0.15, 0.2) is 24.3 Å². The van der Waals surface area contributed by atoms with E-state index in [4.69, 9.17) is 16.7 Å². The summed E-state index contributed by atoms with van der Waals surface area (Å²) in [6.45, 7) is 4.74. The number of aliphatic carboxylic acids is 1. The summed E-state index contributed by atoms with van der Waals surface area (Å²) in [5.74, 6) is -2.35. The Morgan fingerprint density at radius 3 is 2.43 bits per heavy atom. The maximum Gasteiger partial charge on any atom is 0.315 e. The van der Waals surface area contributed by atoms with Gasteiger partial charge >= 0.3 is 5.97 Å². The van der Waals surface area contributed by atoms with Gasteiger partial charge in [0.05, 0.1) is 0 Å². The average molecular weight is 311 g/mol. The van der Waals surface area contributed by atoms with Crippen LogP contribution < -0.4 is 0 Å². The summed E-state index contributed by atoms with van der Waals surface area (Å²) >= 11 is 6.14. The van der Waals surface area contributed by atoms with Gasteiger partial charge in [-0.15, -0.1) is 0 Å². The van der Waals surface area contributed by atoms with Crippen LogP contribution in [0, 0.1) is 5.92 Å². The normalized spacial score (nSPS) is 17.5. The highest BCUT2D eigenvalue weighted by molar-refractivity contribution is 6.31. The Morgan fingerprint density at radius 1 is 1.24 bits per heavy atom. The topological polar surface area (TPSA) is 60.9 Å². The van der Waals surface area contributed by atoms with Crippen molar-refractivity contribution in [3.05, 3.63) is 34.9 Å². The zero-order valence-electron chi connectivity index (χ0n) is 12.0. The number of hydrogen-bond acceptors (Lipinski definition) is 3. The highest BCUT2D eigenvalue weighted by atomic mass is 35.5. The molecule has 1 aliphatic rings. The summed E-state index contributed by atoms with van der Waals surface area (Å²) in [5, 5.41) is 9.63. The lowest BCUT2D eigenvalue weighted by Crippen LogP contribution is -2.50. The minimum atomic E-state index is -1.07. The summed E-state index contributed by atoms with van der Waals surface area (Å²) in [6, 6.07) is 7.71. The third kappa shape index (κ3) is 3.95. The van der Waals surface area contributed by atoms with Crippen molar-refractivity contribution in [1.82, 2.24) is 9.80 Å². The van der Waals surface area contributed by atoms with Gasteiger partial charge in [-0.25, -0.2) is 0 Å². The average Bonchev–Trinajstić information content (AvgIpc) is 2.49. The molecule has 1 N–H and O–H groups in total. The molecule has 0 aliphatic carbocycles. The first-order valence-corrected chi connectivity index (χ1v) is 7.34. The van der Waals surface area contributed by atoms with Crippen molar-refractivity contribution in [2.75, 3.05) is 26.2 Å². The first kappa shape index (κ1) is 15.8. The molecule has 1 amide bonds. The molecule has 1 atom stereocenters. The third-order valence-electron chi connectivity index (χ3n) is 3.78. The number of benzene rings is 1. The van der Waals surface area contributed by atoms with Gasteiger partial charge in [0.1, 0.15) is 5.92 Å². The highest BCUT2D eigenvalue weighted by Crippen LogP contribution is 2.18. The number of amides is 1. The molecule has 1 fully saturated rings. The Balaban J connectivity index is 1.88. The zero-order chi connectivity index (χ0) is 15.4. The molecule has 0 radical (unpaired) electrons. The van der Waals surface area contributed by atoms with Gasteiger partial charge in [-0.2, -0.15) is 0 Å². The minimum absolute atomic E-state index is 0.306. The lowest BCUT2D eigenvalue weighted by atomic mass is 10.1. The molecule has 5 nitrogen and oxygen atoms in total. The summed E-state index contributed by atoms with van der Waals surface area (Å²) in [4.78, 5) is 26.7. The molecule has 114 valence electrons. The van der Waals surface area contributed by atoms with Gasteiger partial charge in [0.15, 0.2) is 0 Å². The SMILES string of the molecule is CC(C(=O)O)C(=O)N1CCN(Cc2ccccc2Cl)CC1. The van der Waals surface area contributed by atoms with E-state index in [0.29, 0.717) is 13.1 Å². The Labute approximate surface area is 129 Å². The maximum atomic E-state index is 12.0. The molecule has 0 spiro atoms. The van der Waals surface area contributed by atoms with E-state index in [1.807, 2.05) is 24.3 Å². The number of rotatable bonds is 4. The van der Waals surface area contributed by atoms with Crippen molar-refractivity contribution < 1.29 is 14.7 Å². The quantitative estimate of drug-likeness (QED) is 0.860. The Hall–Kier alpha value is -1.59. The Morgan fingerprint density at radius 2 is 1.86 bits per heavy atom. The maximum absolute atomic E-state index is 12.0. The standard InChI is InChI=1S/C15H19ClN2O3/c1-11(15(20)21)14(19)18-8-6-17(7-9-18)10-12-4-2-3-5-13(12)16/h2-5,11H,6-10H2,1H3,(H,20,21). The van der Waals surface area contributed by atoms with E-state index in [-0.39, 0.29) is 5.91 Å². The minimum Gasteiger partial charge on any atom is -0.481 e.